The lowest BCUT2D eigenvalue weighted by Gasteiger charge is -2.43. The predicted molar refractivity (Wildman–Crippen MR) is 75.4 cm³/mol. The first kappa shape index (κ1) is 12.5. The van der Waals surface area contributed by atoms with E-state index in [-0.39, 0.29) is 36.0 Å². The number of nitrogens with zero attached hydrogens (tertiary/aromatic N) is 1. The molecule has 2 bridgehead atoms. The monoisotopic (exact) mass is 281 g/mol. The number of carbonyl (C=O) groups is 3. The first-order valence-corrected chi connectivity index (χ1v) is 7.22. The predicted octanol–water partition coefficient (Wildman–Crippen LogP) is 1.63. The normalized spacial score (nSPS) is 33.1. The van der Waals surface area contributed by atoms with Gasteiger partial charge in [0.25, 0.3) is 0 Å². The molecule has 0 unspecified atom stereocenters. The van der Waals surface area contributed by atoms with E-state index in [1.54, 1.807) is 6.08 Å². The van der Waals surface area contributed by atoms with E-state index in [0.29, 0.717) is 6.42 Å². The Labute approximate surface area is 122 Å². The number of benzene rings is 1. The molecule has 0 aromatic heterocycles. The molecule has 0 radical (unpaired) electrons. The average molecular weight is 281 g/mol. The first-order chi connectivity index (χ1) is 10.1. The molecule has 0 spiro atoms. The van der Waals surface area contributed by atoms with Gasteiger partial charge >= 0.3 is 0 Å². The van der Waals surface area contributed by atoms with Crippen molar-refractivity contribution in [1.29, 1.82) is 0 Å². The Bertz CT molecular complexity index is 693. The van der Waals surface area contributed by atoms with Gasteiger partial charge in [-0.05, 0) is 11.1 Å². The molecular formula is C17H15NO3. The van der Waals surface area contributed by atoms with Gasteiger partial charge in [0.2, 0.25) is 11.8 Å². The van der Waals surface area contributed by atoms with Crippen LogP contribution in [0.3, 0.4) is 0 Å². The highest BCUT2D eigenvalue weighted by Gasteiger charge is 2.62. The summed E-state index contributed by atoms with van der Waals surface area (Å²) in [5.41, 5.74) is 2.02. The lowest BCUT2D eigenvalue weighted by molar-refractivity contribution is -0.139. The number of fused-ring (bicyclic) bond motifs is 1. The fraction of sp³-hybridized carbons (Fsp3) is 0.353. The van der Waals surface area contributed by atoms with E-state index in [0.717, 1.165) is 11.1 Å². The van der Waals surface area contributed by atoms with Crippen molar-refractivity contribution in [3.05, 3.63) is 48.0 Å². The maximum Gasteiger partial charge on any atom is 0.234 e. The zero-order chi connectivity index (χ0) is 14.7. The van der Waals surface area contributed by atoms with Crippen LogP contribution in [0.2, 0.25) is 0 Å². The summed E-state index contributed by atoms with van der Waals surface area (Å²) in [7, 11) is 0. The number of hydrogen-bond donors (Lipinski definition) is 0. The van der Waals surface area contributed by atoms with Crippen molar-refractivity contribution in [3.8, 4) is 0 Å². The fourth-order valence-corrected chi connectivity index (χ4v) is 4.33. The SMILES string of the molecule is C=CCN1C(=O)[C@@H]2[C@H](C1=O)[C@H]1CC(=O)[C@@H]2c2ccccc21. The molecule has 4 heteroatoms. The Balaban J connectivity index is 1.88. The summed E-state index contributed by atoms with van der Waals surface area (Å²) in [5.74, 6) is -1.70. The van der Waals surface area contributed by atoms with Crippen molar-refractivity contribution >= 4 is 17.6 Å². The molecule has 1 saturated carbocycles. The summed E-state index contributed by atoms with van der Waals surface area (Å²) in [5, 5.41) is 0. The molecule has 5 rings (SSSR count). The molecule has 1 aromatic rings. The van der Waals surface area contributed by atoms with Gasteiger partial charge in [0.1, 0.15) is 5.78 Å². The van der Waals surface area contributed by atoms with Gasteiger partial charge in [0, 0.05) is 18.9 Å². The third kappa shape index (κ3) is 1.42. The number of amides is 2. The highest BCUT2D eigenvalue weighted by molar-refractivity contribution is 6.11. The Morgan fingerprint density at radius 1 is 1.10 bits per heavy atom. The number of carbonyl (C=O) groups excluding carboxylic acids is 3. The Kier molecular flexibility index (Phi) is 2.46. The molecule has 1 saturated heterocycles. The van der Waals surface area contributed by atoms with Crippen molar-refractivity contribution < 1.29 is 14.4 Å². The smallest absolute Gasteiger partial charge is 0.234 e. The molecule has 4 atom stereocenters. The molecule has 4 nitrogen and oxygen atoms in total. The summed E-state index contributed by atoms with van der Waals surface area (Å²) >= 11 is 0. The summed E-state index contributed by atoms with van der Waals surface area (Å²) in [6.07, 6.45) is 1.94. The van der Waals surface area contributed by atoms with E-state index in [1.807, 2.05) is 24.3 Å². The second kappa shape index (κ2) is 4.13. The molecule has 4 aliphatic rings. The Morgan fingerprint density at radius 3 is 2.48 bits per heavy atom. The van der Waals surface area contributed by atoms with E-state index in [1.165, 1.54) is 4.90 Å². The Hall–Kier alpha value is -2.23. The van der Waals surface area contributed by atoms with Crippen LogP contribution in [0.5, 0.6) is 0 Å². The quantitative estimate of drug-likeness (QED) is 0.611. The summed E-state index contributed by atoms with van der Waals surface area (Å²) in [6.45, 7) is 3.84. The van der Waals surface area contributed by atoms with Crippen LogP contribution in [0.4, 0.5) is 0 Å². The van der Waals surface area contributed by atoms with E-state index in [2.05, 4.69) is 6.58 Å². The van der Waals surface area contributed by atoms with E-state index < -0.39 is 11.8 Å². The summed E-state index contributed by atoms with van der Waals surface area (Å²) in [4.78, 5) is 38.8. The molecule has 106 valence electrons. The van der Waals surface area contributed by atoms with Crippen molar-refractivity contribution in [1.82, 2.24) is 4.90 Å². The number of imide groups is 1. The standard InChI is InChI=1S/C17H15NO3/c1-2-7-18-16(20)14-11-8-12(19)13(15(14)17(18)21)10-6-4-3-5-9(10)11/h2-6,11,13-15H,1,7-8H2/t11-,13-,14+,15-/m0/s1. The lowest BCUT2D eigenvalue weighted by Crippen LogP contribution is -2.44. The number of rotatable bonds is 2. The Morgan fingerprint density at radius 2 is 1.76 bits per heavy atom. The third-order valence-electron chi connectivity index (χ3n) is 5.09. The van der Waals surface area contributed by atoms with Crippen molar-refractivity contribution in [3.63, 3.8) is 0 Å². The zero-order valence-corrected chi connectivity index (χ0v) is 11.5. The zero-order valence-electron chi connectivity index (χ0n) is 11.5. The van der Waals surface area contributed by atoms with Gasteiger partial charge in [0.05, 0.1) is 17.8 Å². The molecule has 1 heterocycles. The van der Waals surface area contributed by atoms with Crippen LogP contribution >= 0.6 is 0 Å². The maximum absolute atomic E-state index is 12.6. The highest BCUT2D eigenvalue weighted by Crippen LogP contribution is 2.57. The van der Waals surface area contributed by atoms with Crippen LogP contribution in [0.25, 0.3) is 0 Å². The van der Waals surface area contributed by atoms with Gasteiger partial charge in [-0.25, -0.2) is 0 Å². The number of ketones is 1. The van der Waals surface area contributed by atoms with Crippen LogP contribution < -0.4 is 0 Å². The maximum atomic E-state index is 12.6. The third-order valence-corrected chi connectivity index (χ3v) is 5.09. The summed E-state index contributed by atoms with van der Waals surface area (Å²) in [6, 6.07) is 7.74. The van der Waals surface area contributed by atoms with Gasteiger partial charge in [0.15, 0.2) is 0 Å². The molecular weight excluding hydrogens is 266 g/mol. The van der Waals surface area contributed by atoms with Crippen LogP contribution in [-0.2, 0) is 14.4 Å². The minimum atomic E-state index is -0.501. The molecule has 3 aliphatic carbocycles. The molecule has 21 heavy (non-hydrogen) atoms. The molecule has 2 fully saturated rings. The van der Waals surface area contributed by atoms with Crippen LogP contribution in [0.15, 0.2) is 36.9 Å². The molecule has 1 aliphatic heterocycles. The van der Waals surface area contributed by atoms with Crippen molar-refractivity contribution in [2.45, 2.75) is 18.3 Å². The van der Waals surface area contributed by atoms with Gasteiger partial charge in [-0.3, -0.25) is 19.3 Å². The van der Waals surface area contributed by atoms with Crippen LogP contribution in [-0.4, -0.2) is 29.0 Å². The van der Waals surface area contributed by atoms with E-state index in [4.69, 9.17) is 0 Å². The highest BCUT2D eigenvalue weighted by atomic mass is 16.2. The average Bonchev–Trinajstić information content (AvgIpc) is 2.74. The van der Waals surface area contributed by atoms with Gasteiger partial charge in [-0.2, -0.15) is 0 Å². The fourth-order valence-electron chi connectivity index (χ4n) is 4.33. The van der Waals surface area contributed by atoms with Crippen molar-refractivity contribution in [2.75, 3.05) is 6.54 Å². The second-order valence-corrected chi connectivity index (χ2v) is 6.01. The largest absolute Gasteiger partial charge is 0.299 e. The topological polar surface area (TPSA) is 54.5 Å². The van der Waals surface area contributed by atoms with Crippen LogP contribution in [0.1, 0.15) is 29.4 Å². The number of Topliss-reactive ketones (excluding diaryl/α,β-unsaturated/α-hetero) is 1. The first-order valence-electron chi connectivity index (χ1n) is 7.22. The van der Waals surface area contributed by atoms with E-state index >= 15 is 0 Å². The van der Waals surface area contributed by atoms with Gasteiger partial charge in [-0.1, -0.05) is 30.3 Å². The van der Waals surface area contributed by atoms with Crippen molar-refractivity contribution in [2.24, 2.45) is 11.8 Å². The lowest BCUT2D eigenvalue weighted by atomic mass is 9.56. The van der Waals surface area contributed by atoms with Gasteiger partial charge < -0.3 is 0 Å². The minimum absolute atomic E-state index is 0.0987. The molecule has 0 N–H and O–H groups in total. The van der Waals surface area contributed by atoms with Gasteiger partial charge in [-0.15, -0.1) is 6.58 Å². The van der Waals surface area contributed by atoms with Crippen LogP contribution in [0, 0.1) is 11.8 Å². The number of hydrogen-bond acceptors (Lipinski definition) is 3. The molecule has 2 amide bonds. The number of likely N-dealkylation sites (tertiary alicyclic amines) is 1. The second-order valence-electron chi connectivity index (χ2n) is 6.01. The molecule has 1 aromatic carbocycles. The van der Waals surface area contributed by atoms with E-state index in [9.17, 15) is 14.4 Å². The summed E-state index contributed by atoms with van der Waals surface area (Å²) < 4.78 is 0. The minimum Gasteiger partial charge on any atom is -0.299 e.